The molecule has 0 spiro atoms. The molecule has 0 aliphatic heterocycles. The Balaban J connectivity index is 0.000000561. The van der Waals surface area contributed by atoms with Crippen LogP contribution in [0.15, 0.2) is 18.3 Å². The van der Waals surface area contributed by atoms with Crippen LogP contribution in [0.3, 0.4) is 0 Å². The molecule has 66 valence electrons. The first-order chi connectivity index (χ1) is 5.88. The summed E-state index contributed by atoms with van der Waals surface area (Å²) in [5, 5.41) is 9.87. The predicted octanol–water partition coefficient (Wildman–Crippen LogP) is 2.15. The summed E-state index contributed by atoms with van der Waals surface area (Å²) in [4.78, 5) is 4.01. The molecule has 1 aromatic heterocycles. The summed E-state index contributed by atoms with van der Waals surface area (Å²) in [7, 11) is 1.79. The molecule has 0 saturated carbocycles. The molecule has 0 bridgehead atoms. The molecule has 3 heteroatoms. The fourth-order valence-electron chi connectivity index (χ4n) is 0.743. The fraction of sp³-hybridized carbons (Fsp3) is 0.333. The van der Waals surface area contributed by atoms with Gasteiger partial charge in [0.2, 0.25) is 0 Å². The highest BCUT2D eigenvalue weighted by Gasteiger charge is 1.94. The summed E-state index contributed by atoms with van der Waals surface area (Å²) < 4.78 is 0. The van der Waals surface area contributed by atoms with Crippen LogP contribution < -0.4 is 5.32 Å². The van der Waals surface area contributed by atoms with E-state index in [1.807, 2.05) is 19.9 Å². The van der Waals surface area contributed by atoms with Gasteiger partial charge in [-0.05, 0) is 12.1 Å². The van der Waals surface area contributed by atoms with Crippen molar-refractivity contribution in [3.05, 3.63) is 23.9 Å². The van der Waals surface area contributed by atoms with Crippen molar-refractivity contribution < 1.29 is 0 Å². The number of rotatable bonds is 2. The maximum atomic E-state index is 6.98. The normalized spacial score (nSPS) is 7.92. The van der Waals surface area contributed by atoms with Crippen molar-refractivity contribution in [2.75, 3.05) is 12.4 Å². The van der Waals surface area contributed by atoms with Gasteiger partial charge in [-0.1, -0.05) is 13.8 Å². The lowest BCUT2D eigenvalue weighted by Crippen LogP contribution is -1.96. The molecule has 0 radical (unpaired) electrons. The second kappa shape index (κ2) is 6.34. The molecule has 0 aliphatic rings. The molecule has 12 heavy (non-hydrogen) atoms. The first-order valence-corrected chi connectivity index (χ1v) is 4.01. The van der Waals surface area contributed by atoms with Crippen LogP contribution in [0.1, 0.15) is 19.4 Å². The van der Waals surface area contributed by atoms with Gasteiger partial charge in [0, 0.05) is 25.0 Å². The van der Waals surface area contributed by atoms with E-state index in [1.165, 1.54) is 6.21 Å². The van der Waals surface area contributed by atoms with Gasteiger partial charge in [0.15, 0.2) is 0 Å². The van der Waals surface area contributed by atoms with Crippen LogP contribution in [0.5, 0.6) is 0 Å². The molecule has 1 rings (SSSR count). The molecule has 0 atom stereocenters. The van der Waals surface area contributed by atoms with Crippen LogP contribution >= 0.6 is 0 Å². The highest BCUT2D eigenvalue weighted by Crippen LogP contribution is 2.05. The lowest BCUT2D eigenvalue weighted by molar-refractivity contribution is 1.28. The van der Waals surface area contributed by atoms with Crippen molar-refractivity contribution in [3.63, 3.8) is 0 Å². The van der Waals surface area contributed by atoms with Gasteiger partial charge >= 0.3 is 0 Å². The highest BCUT2D eigenvalue weighted by molar-refractivity contribution is 5.83. The third-order valence-electron chi connectivity index (χ3n) is 1.23. The lowest BCUT2D eigenvalue weighted by atomic mass is 10.3. The van der Waals surface area contributed by atoms with Crippen molar-refractivity contribution in [1.29, 1.82) is 5.41 Å². The molecular weight excluding hydrogens is 150 g/mol. The predicted molar refractivity (Wildman–Crippen MR) is 53.0 cm³/mol. The zero-order valence-corrected chi connectivity index (χ0v) is 7.76. The van der Waals surface area contributed by atoms with E-state index in [1.54, 1.807) is 19.3 Å². The van der Waals surface area contributed by atoms with Crippen LogP contribution in [-0.4, -0.2) is 18.2 Å². The van der Waals surface area contributed by atoms with Crippen LogP contribution in [0.4, 0.5) is 5.82 Å². The van der Waals surface area contributed by atoms with Crippen LogP contribution in [0.25, 0.3) is 0 Å². The Labute approximate surface area is 73.4 Å². The van der Waals surface area contributed by atoms with Crippen molar-refractivity contribution in [3.8, 4) is 0 Å². The van der Waals surface area contributed by atoms with E-state index in [4.69, 9.17) is 5.41 Å². The number of hydrogen-bond acceptors (Lipinski definition) is 3. The monoisotopic (exact) mass is 165 g/mol. The second-order valence-electron chi connectivity index (χ2n) is 1.84. The standard InChI is InChI=1S/C7H9N3.C2H6/c1-9-7-6(5-8)3-2-4-10-7;1-2/h2-5,8H,1H3,(H,9,10);1-2H3. The Morgan fingerprint density at radius 3 is 2.58 bits per heavy atom. The molecule has 0 aliphatic carbocycles. The number of nitrogens with one attached hydrogen (secondary N) is 2. The van der Waals surface area contributed by atoms with Gasteiger partial charge in [0.1, 0.15) is 5.82 Å². The fourth-order valence-corrected chi connectivity index (χ4v) is 0.743. The molecule has 0 unspecified atom stereocenters. The second-order valence-corrected chi connectivity index (χ2v) is 1.84. The Morgan fingerprint density at radius 2 is 2.17 bits per heavy atom. The van der Waals surface area contributed by atoms with E-state index in [2.05, 4.69) is 10.3 Å². The van der Waals surface area contributed by atoms with E-state index < -0.39 is 0 Å². The van der Waals surface area contributed by atoms with E-state index in [0.29, 0.717) is 0 Å². The van der Waals surface area contributed by atoms with Crippen LogP contribution in [0, 0.1) is 5.41 Å². The molecule has 0 aromatic carbocycles. The molecular formula is C9H15N3. The van der Waals surface area contributed by atoms with Gasteiger partial charge in [-0.25, -0.2) is 4.98 Å². The number of nitrogens with zero attached hydrogens (tertiary/aromatic N) is 1. The molecule has 1 heterocycles. The average molecular weight is 165 g/mol. The minimum atomic E-state index is 0.748. The summed E-state index contributed by atoms with van der Waals surface area (Å²) >= 11 is 0. The Bertz CT molecular complexity index is 233. The summed E-state index contributed by atoms with van der Waals surface area (Å²) in [5.41, 5.74) is 0.810. The largest absolute Gasteiger partial charge is 0.373 e. The highest BCUT2D eigenvalue weighted by atomic mass is 15.0. The number of aromatic nitrogens is 1. The molecule has 0 amide bonds. The van der Waals surface area contributed by atoms with Gasteiger partial charge in [-0.3, -0.25) is 0 Å². The lowest BCUT2D eigenvalue weighted by Gasteiger charge is -2.00. The van der Waals surface area contributed by atoms with Gasteiger partial charge in [0.05, 0.1) is 0 Å². The van der Waals surface area contributed by atoms with E-state index in [9.17, 15) is 0 Å². The number of pyridine rings is 1. The minimum Gasteiger partial charge on any atom is -0.373 e. The van der Waals surface area contributed by atoms with Gasteiger partial charge in [-0.2, -0.15) is 0 Å². The topological polar surface area (TPSA) is 48.8 Å². The summed E-state index contributed by atoms with van der Waals surface area (Å²) in [6, 6.07) is 3.65. The zero-order chi connectivity index (χ0) is 9.40. The zero-order valence-electron chi connectivity index (χ0n) is 7.76. The molecule has 3 nitrogen and oxygen atoms in total. The van der Waals surface area contributed by atoms with Crippen molar-refractivity contribution >= 4 is 12.0 Å². The third-order valence-corrected chi connectivity index (χ3v) is 1.23. The van der Waals surface area contributed by atoms with E-state index >= 15 is 0 Å². The summed E-state index contributed by atoms with van der Waals surface area (Å²) in [6.07, 6.45) is 2.97. The molecule has 0 fully saturated rings. The maximum absolute atomic E-state index is 6.98. The molecule has 1 aromatic rings. The van der Waals surface area contributed by atoms with Crippen LogP contribution in [0.2, 0.25) is 0 Å². The maximum Gasteiger partial charge on any atom is 0.134 e. The SMILES string of the molecule is CC.CNc1ncccc1C=N. The quantitative estimate of drug-likeness (QED) is 0.660. The van der Waals surface area contributed by atoms with E-state index in [-0.39, 0.29) is 0 Å². The Morgan fingerprint density at radius 1 is 1.50 bits per heavy atom. The molecule has 2 N–H and O–H groups in total. The molecule has 0 saturated heterocycles. The van der Waals surface area contributed by atoms with Gasteiger partial charge in [0.25, 0.3) is 0 Å². The Kier molecular flexibility index (Phi) is 5.61. The summed E-state index contributed by atoms with van der Waals surface area (Å²) in [6.45, 7) is 4.00. The van der Waals surface area contributed by atoms with Gasteiger partial charge in [-0.15, -0.1) is 0 Å². The van der Waals surface area contributed by atoms with Crippen molar-refractivity contribution in [2.45, 2.75) is 13.8 Å². The smallest absolute Gasteiger partial charge is 0.134 e. The number of anilines is 1. The summed E-state index contributed by atoms with van der Waals surface area (Å²) in [5.74, 6) is 0.748. The van der Waals surface area contributed by atoms with Crippen LogP contribution in [-0.2, 0) is 0 Å². The average Bonchev–Trinajstić information content (AvgIpc) is 2.20. The van der Waals surface area contributed by atoms with Crippen molar-refractivity contribution in [2.24, 2.45) is 0 Å². The van der Waals surface area contributed by atoms with Gasteiger partial charge < -0.3 is 10.7 Å². The first kappa shape index (κ1) is 10.6. The first-order valence-electron chi connectivity index (χ1n) is 4.01. The third kappa shape index (κ3) is 2.70. The Hall–Kier alpha value is -1.38. The van der Waals surface area contributed by atoms with Crippen molar-refractivity contribution in [1.82, 2.24) is 4.98 Å². The number of hydrogen-bond donors (Lipinski definition) is 2. The van der Waals surface area contributed by atoms with E-state index in [0.717, 1.165) is 11.4 Å². The minimum absolute atomic E-state index is 0.748.